The van der Waals surface area contributed by atoms with Gasteiger partial charge in [0.15, 0.2) is 0 Å². The fraction of sp³-hybridized carbons (Fsp3) is 0.167. The average Bonchev–Trinajstić information content (AvgIpc) is 3.32. The van der Waals surface area contributed by atoms with Gasteiger partial charge in [-0.15, -0.1) is 11.3 Å². The SMILES string of the molecule is Cc1ccc(C)c(NC2=C(c3cccs3)C(=O)N(CCc3ccccc3)C2=O)c1. The third kappa shape index (κ3) is 3.87. The van der Waals surface area contributed by atoms with E-state index in [0.717, 1.165) is 27.3 Å². The Labute approximate surface area is 174 Å². The van der Waals surface area contributed by atoms with Crippen molar-refractivity contribution in [2.45, 2.75) is 20.3 Å². The lowest BCUT2D eigenvalue weighted by Gasteiger charge is -2.16. The van der Waals surface area contributed by atoms with Crippen LogP contribution in [0.25, 0.3) is 5.57 Å². The number of carbonyl (C=O) groups is 2. The maximum atomic E-state index is 13.2. The molecule has 0 atom stereocenters. The molecule has 4 rings (SSSR count). The fourth-order valence-corrected chi connectivity index (χ4v) is 4.20. The summed E-state index contributed by atoms with van der Waals surface area (Å²) < 4.78 is 0. The van der Waals surface area contributed by atoms with E-state index in [9.17, 15) is 9.59 Å². The molecule has 0 fully saturated rings. The molecule has 0 spiro atoms. The van der Waals surface area contributed by atoms with Gasteiger partial charge in [0, 0.05) is 17.1 Å². The van der Waals surface area contributed by atoms with Gasteiger partial charge in [-0.3, -0.25) is 14.5 Å². The van der Waals surface area contributed by atoms with Gasteiger partial charge in [-0.05, 0) is 54.5 Å². The van der Waals surface area contributed by atoms with Gasteiger partial charge in [-0.1, -0.05) is 48.5 Å². The minimum atomic E-state index is -0.268. The summed E-state index contributed by atoms with van der Waals surface area (Å²) in [5.41, 5.74) is 4.88. The number of aryl methyl sites for hydroxylation is 2. The van der Waals surface area contributed by atoms with Crippen LogP contribution in [0.1, 0.15) is 21.6 Å². The van der Waals surface area contributed by atoms with E-state index in [1.165, 1.54) is 16.2 Å². The summed E-state index contributed by atoms with van der Waals surface area (Å²) in [6.45, 7) is 4.35. The molecule has 2 amide bonds. The van der Waals surface area contributed by atoms with Gasteiger partial charge in [-0.25, -0.2) is 0 Å². The lowest BCUT2D eigenvalue weighted by atomic mass is 10.1. The van der Waals surface area contributed by atoms with Gasteiger partial charge >= 0.3 is 0 Å². The highest BCUT2D eigenvalue weighted by Crippen LogP contribution is 2.33. The van der Waals surface area contributed by atoms with Crippen LogP contribution in [0.2, 0.25) is 0 Å². The molecule has 1 aromatic heterocycles. The van der Waals surface area contributed by atoms with Crippen LogP contribution in [0.15, 0.2) is 71.7 Å². The van der Waals surface area contributed by atoms with Crippen molar-refractivity contribution in [2.75, 3.05) is 11.9 Å². The zero-order valence-corrected chi connectivity index (χ0v) is 17.3. The standard InChI is InChI=1S/C24H22N2O2S/c1-16-10-11-17(2)19(15-16)25-22-21(20-9-6-14-29-20)23(27)26(24(22)28)13-12-18-7-4-3-5-8-18/h3-11,14-15,25H,12-13H2,1-2H3. The smallest absolute Gasteiger partial charge is 0.278 e. The van der Waals surface area contributed by atoms with Gasteiger partial charge in [0.1, 0.15) is 5.70 Å². The lowest BCUT2D eigenvalue weighted by molar-refractivity contribution is -0.136. The molecule has 1 aliphatic rings. The number of hydrogen-bond acceptors (Lipinski definition) is 4. The topological polar surface area (TPSA) is 49.4 Å². The van der Waals surface area contributed by atoms with Gasteiger partial charge < -0.3 is 5.32 Å². The van der Waals surface area contributed by atoms with Crippen molar-refractivity contribution in [1.29, 1.82) is 0 Å². The van der Waals surface area contributed by atoms with Crippen LogP contribution in [0, 0.1) is 13.8 Å². The van der Waals surface area contributed by atoms with Crippen molar-refractivity contribution >= 4 is 34.4 Å². The quantitative estimate of drug-likeness (QED) is 0.603. The van der Waals surface area contributed by atoms with Crippen LogP contribution in [0.5, 0.6) is 0 Å². The summed E-state index contributed by atoms with van der Waals surface area (Å²) in [7, 11) is 0. The van der Waals surface area contributed by atoms with Crippen molar-refractivity contribution in [3.05, 3.63) is 93.3 Å². The Bertz CT molecular complexity index is 1090. The number of benzene rings is 2. The highest BCUT2D eigenvalue weighted by atomic mass is 32.1. The molecule has 2 heterocycles. The third-order valence-corrected chi connectivity index (χ3v) is 5.94. The molecule has 0 saturated heterocycles. The summed E-state index contributed by atoms with van der Waals surface area (Å²) in [5, 5.41) is 5.19. The van der Waals surface area contributed by atoms with Gasteiger partial charge in [0.25, 0.3) is 11.8 Å². The number of hydrogen-bond donors (Lipinski definition) is 1. The largest absolute Gasteiger partial charge is 0.350 e. The molecule has 0 bridgehead atoms. The van der Waals surface area contributed by atoms with Crippen molar-refractivity contribution in [3.8, 4) is 0 Å². The molecule has 3 aromatic rings. The second-order valence-corrected chi connectivity index (χ2v) is 8.12. The Morgan fingerprint density at radius 3 is 2.45 bits per heavy atom. The number of amides is 2. The zero-order valence-electron chi connectivity index (χ0n) is 16.4. The van der Waals surface area contributed by atoms with Crippen LogP contribution in [0.3, 0.4) is 0 Å². The number of thiophene rings is 1. The number of anilines is 1. The van der Waals surface area contributed by atoms with Crippen LogP contribution in [0.4, 0.5) is 5.69 Å². The van der Waals surface area contributed by atoms with E-state index in [2.05, 4.69) is 5.32 Å². The van der Waals surface area contributed by atoms with Crippen molar-refractivity contribution < 1.29 is 9.59 Å². The molecule has 0 radical (unpaired) electrons. The second kappa shape index (κ2) is 8.05. The first-order valence-electron chi connectivity index (χ1n) is 9.57. The van der Waals surface area contributed by atoms with Crippen LogP contribution in [-0.4, -0.2) is 23.3 Å². The first-order chi connectivity index (χ1) is 14.0. The molecule has 29 heavy (non-hydrogen) atoms. The zero-order chi connectivity index (χ0) is 20.4. The summed E-state index contributed by atoms with van der Waals surface area (Å²) in [6.07, 6.45) is 0.632. The lowest BCUT2D eigenvalue weighted by Crippen LogP contribution is -2.34. The highest BCUT2D eigenvalue weighted by Gasteiger charge is 2.39. The predicted octanol–water partition coefficient (Wildman–Crippen LogP) is 4.80. The number of nitrogens with one attached hydrogen (secondary N) is 1. The molecule has 0 unspecified atom stereocenters. The summed E-state index contributed by atoms with van der Waals surface area (Å²) in [4.78, 5) is 28.6. The molecule has 0 saturated carbocycles. The number of rotatable bonds is 6. The molecule has 4 nitrogen and oxygen atoms in total. The first kappa shape index (κ1) is 19.2. The molecule has 1 aliphatic heterocycles. The Morgan fingerprint density at radius 2 is 1.72 bits per heavy atom. The number of carbonyl (C=O) groups excluding carboxylic acids is 2. The minimum Gasteiger partial charge on any atom is -0.350 e. The van der Waals surface area contributed by atoms with Gasteiger partial charge in [-0.2, -0.15) is 0 Å². The Hall–Kier alpha value is -3.18. The van der Waals surface area contributed by atoms with E-state index in [0.29, 0.717) is 24.2 Å². The van der Waals surface area contributed by atoms with Crippen LogP contribution in [-0.2, 0) is 16.0 Å². The Balaban J connectivity index is 1.66. The number of nitrogens with zero attached hydrogens (tertiary/aromatic N) is 1. The minimum absolute atomic E-state index is 0.235. The molecule has 5 heteroatoms. The second-order valence-electron chi connectivity index (χ2n) is 7.17. The highest BCUT2D eigenvalue weighted by molar-refractivity contribution is 7.11. The van der Waals surface area contributed by atoms with Crippen molar-refractivity contribution in [2.24, 2.45) is 0 Å². The summed E-state index contributed by atoms with van der Waals surface area (Å²) in [6, 6.07) is 19.7. The van der Waals surface area contributed by atoms with Crippen molar-refractivity contribution in [3.63, 3.8) is 0 Å². The van der Waals surface area contributed by atoms with E-state index in [1.807, 2.05) is 79.9 Å². The van der Waals surface area contributed by atoms with E-state index in [1.54, 1.807) is 0 Å². The van der Waals surface area contributed by atoms with Gasteiger partial charge in [0.2, 0.25) is 0 Å². The van der Waals surface area contributed by atoms with Crippen LogP contribution < -0.4 is 5.32 Å². The fourth-order valence-electron chi connectivity index (χ4n) is 3.44. The Kier molecular flexibility index (Phi) is 5.32. The Morgan fingerprint density at radius 1 is 0.931 bits per heavy atom. The maximum Gasteiger partial charge on any atom is 0.278 e. The van der Waals surface area contributed by atoms with Gasteiger partial charge in [0.05, 0.1) is 5.57 Å². The molecule has 2 aromatic carbocycles. The van der Waals surface area contributed by atoms with Crippen LogP contribution >= 0.6 is 11.3 Å². The first-order valence-corrected chi connectivity index (χ1v) is 10.4. The van der Waals surface area contributed by atoms with Crippen molar-refractivity contribution in [1.82, 2.24) is 4.90 Å². The number of imide groups is 1. The van der Waals surface area contributed by atoms with E-state index in [4.69, 9.17) is 0 Å². The normalized spacial score (nSPS) is 14.1. The monoisotopic (exact) mass is 402 g/mol. The van der Waals surface area contributed by atoms with E-state index >= 15 is 0 Å². The molecule has 146 valence electrons. The maximum absolute atomic E-state index is 13.2. The van der Waals surface area contributed by atoms with E-state index < -0.39 is 0 Å². The van der Waals surface area contributed by atoms with E-state index in [-0.39, 0.29) is 11.8 Å². The summed E-state index contributed by atoms with van der Waals surface area (Å²) in [5.74, 6) is -0.503. The molecular weight excluding hydrogens is 380 g/mol. The molecular formula is C24H22N2O2S. The third-order valence-electron chi connectivity index (χ3n) is 5.06. The summed E-state index contributed by atoms with van der Waals surface area (Å²) >= 11 is 1.47. The predicted molar refractivity (Wildman–Crippen MR) is 118 cm³/mol. The molecule has 1 N–H and O–H groups in total. The average molecular weight is 403 g/mol. The molecule has 0 aliphatic carbocycles.